The normalized spacial score (nSPS) is 11.1. The lowest BCUT2D eigenvalue weighted by molar-refractivity contribution is 0.0697. The lowest BCUT2D eigenvalue weighted by atomic mass is 9.99. The molecule has 2 N–H and O–H groups in total. The number of aromatic carboxylic acids is 1. The number of hydrogen-bond acceptors (Lipinski definition) is 3. The van der Waals surface area contributed by atoms with Crippen LogP contribution in [0, 0.1) is 0 Å². The fraction of sp³-hybridized carbons (Fsp3) is 0.333. The molecule has 0 bridgehead atoms. The first kappa shape index (κ1) is 24.5. The highest BCUT2D eigenvalue weighted by Crippen LogP contribution is 2.26. The van der Waals surface area contributed by atoms with E-state index < -0.39 is 5.97 Å². The molecule has 0 saturated carbocycles. The van der Waals surface area contributed by atoms with Crippen molar-refractivity contribution < 1.29 is 9.90 Å². The summed E-state index contributed by atoms with van der Waals surface area (Å²) >= 11 is 0. The molecule has 4 aromatic rings. The zero-order valence-corrected chi connectivity index (χ0v) is 20.8. The fourth-order valence-electron chi connectivity index (χ4n) is 4.49. The van der Waals surface area contributed by atoms with E-state index in [1.54, 1.807) is 12.1 Å². The fourth-order valence-corrected chi connectivity index (χ4v) is 4.49. The van der Waals surface area contributed by atoms with Crippen molar-refractivity contribution in [3.63, 3.8) is 0 Å². The van der Waals surface area contributed by atoms with Gasteiger partial charge in [-0.2, -0.15) is 0 Å². The molecule has 0 unspecified atom stereocenters. The standard InChI is InChI=1S/C30H35N3O2/c1-3-5-9-19-31-24-17-18-28-27(20-24)32-29(12-6-4-2)33(28)21-22-13-15-23(16-14-22)25-10-7-8-11-26(25)30(34)35/h7-8,10-11,13-18,20,31H,3-6,9,12,19,21H2,1-2H3,(H,34,35). The third kappa shape index (κ3) is 5.91. The molecule has 3 aromatic carbocycles. The van der Waals surface area contributed by atoms with Crippen molar-refractivity contribution in [2.45, 2.75) is 58.9 Å². The Balaban J connectivity index is 1.59. The van der Waals surface area contributed by atoms with Crippen LogP contribution in [0.5, 0.6) is 0 Å². The van der Waals surface area contributed by atoms with Crippen LogP contribution >= 0.6 is 0 Å². The van der Waals surface area contributed by atoms with Gasteiger partial charge in [-0.3, -0.25) is 0 Å². The maximum Gasteiger partial charge on any atom is 0.336 e. The highest BCUT2D eigenvalue weighted by atomic mass is 16.4. The van der Waals surface area contributed by atoms with Crippen molar-refractivity contribution in [2.24, 2.45) is 0 Å². The van der Waals surface area contributed by atoms with Crippen molar-refractivity contribution in [3.8, 4) is 11.1 Å². The predicted molar refractivity (Wildman–Crippen MR) is 144 cm³/mol. The maximum atomic E-state index is 11.6. The van der Waals surface area contributed by atoms with Gasteiger partial charge >= 0.3 is 5.97 Å². The quantitative estimate of drug-likeness (QED) is 0.212. The number of rotatable bonds is 12. The van der Waals surface area contributed by atoms with Gasteiger partial charge in [-0.05, 0) is 53.8 Å². The first-order valence-electron chi connectivity index (χ1n) is 12.8. The number of benzene rings is 3. The Bertz CT molecular complexity index is 1270. The first-order chi connectivity index (χ1) is 17.1. The largest absolute Gasteiger partial charge is 0.478 e. The number of unbranched alkanes of at least 4 members (excludes halogenated alkanes) is 3. The Morgan fingerprint density at radius 2 is 1.71 bits per heavy atom. The van der Waals surface area contributed by atoms with Crippen LogP contribution in [0.2, 0.25) is 0 Å². The van der Waals surface area contributed by atoms with E-state index in [0.717, 1.165) is 66.0 Å². The van der Waals surface area contributed by atoms with Crippen molar-refractivity contribution in [1.82, 2.24) is 9.55 Å². The molecule has 0 fully saturated rings. The number of hydrogen-bond donors (Lipinski definition) is 2. The zero-order valence-electron chi connectivity index (χ0n) is 20.8. The number of carboxylic acids is 1. The van der Waals surface area contributed by atoms with Gasteiger partial charge in [0.2, 0.25) is 0 Å². The molecule has 0 radical (unpaired) electrons. The van der Waals surface area contributed by atoms with Crippen molar-refractivity contribution in [1.29, 1.82) is 0 Å². The Kier molecular flexibility index (Phi) is 8.19. The minimum Gasteiger partial charge on any atom is -0.478 e. The molecule has 0 aliphatic heterocycles. The van der Waals surface area contributed by atoms with E-state index in [-0.39, 0.29) is 0 Å². The third-order valence-corrected chi connectivity index (χ3v) is 6.45. The topological polar surface area (TPSA) is 67.2 Å². The van der Waals surface area contributed by atoms with Crippen LogP contribution in [0.1, 0.15) is 67.7 Å². The lowest BCUT2D eigenvalue weighted by Crippen LogP contribution is -2.06. The molecule has 182 valence electrons. The Hall–Kier alpha value is -3.60. The molecule has 4 rings (SSSR count). The number of aryl methyl sites for hydroxylation is 1. The number of nitrogens with one attached hydrogen (secondary N) is 1. The number of carbonyl (C=O) groups is 1. The molecule has 0 aliphatic rings. The number of anilines is 1. The van der Waals surface area contributed by atoms with Crippen molar-refractivity contribution in [3.05, 3.63) is 83.7 Å². The first-order valence-corrected chi connectivity index (χ1v) is 12.8. The monoisotopic (exact) mass is 469 g/mol. The van der Waals surface area contributed by atoms with Gasteiger partial charge in [0.1, 0.15) is 5.82 Å². The lowest BCUT2D eigenvalue weighted by Gasteiger charge is -2.11. The number of nitrogens with zero attached hydrogens (tertiary/aromatic N) is 2. The van der Waals surface area contributed by atoms with Crippen LogP contribution in [0.15, 0.2) is 66.7 Å². The Morgan fingerprint density at radius 1 is 0.943 bits per heavy atom. The SMILES string of the molecule is CCCCCNc1ccc2c(c1)nc(CCCC)n2Cc1ccc(-c2ccccc2C(=O)O)cc1. The van der Waals surface area contributed by atoms with Crippen LogP contribution in [0.25, 0.3) is 22.2 Å². The van der Waals surface area contributed by atoms with E-state index in [1.807, 2.05) is 24.3 Å². The molecule has 1 aromatic heterocycles. The van der Waals surface area contributed by atoms with Crippen LogP contribution in [-0.4, -0.2) is 27.2 Å². The highest BCUT2D eigenvalue weighted by Gasteiger charge is 2.13. The van der Waals surface area contributed by atoms with E-state index in [9.17, 15) is 9.90 Å². The summed E-state index contributed by atoms with van der Waals surface area (Å²) < 4.78 is 2.33. The second-order valence-electron chi connectivity index (χ2n) is 9.10. The Labute approximate surface area is 207 Å². The summed E-state index contributed by atoms with van der Waals surface area (Å²) in [5, 5.41) is 13.1. The van der Waals surface area contributed by atoms with Crippen LogP contribution in [-0.2, 0) is 13.0 Å². The van der Waals surface area contributed by atoms with E-state index in [0.29, 0.717) is 5.56 Å². The summed E-state index contributed by atoms with van der Waals surface area (Å²) in [5.74, 6) is 0.208. The minimum atomic E-state index is -0.908. The van der Waals surface area contributed by atoms with Gasteiger partial charge < -0.3 is 15.0 Å². The molecule has 1 heterocycles. The molecule has 35 heavy (non-hydrogen) atoms. The summed E-state index contributed by atoms with van der Waals surface area (Å²) in [5.41, 5.74) is 6.44. The van der Waals surface area contributed by atoms with Crippen LogP contribution < -0.4 is 5.32 Å². The van der Waals surface area contributed by atoms with Gasteiger partial charge in [0.15, 0.2) is 0 Å². The second kappa shape index (κ2) is 11.7. The van der Waals surface area contributed by atoms with Gasteiger partial charge in [-0.1, -0.05) is 75.6 Å². The molecule has 0 amide bonds. The summed E-state index contributed by atoms with van der Waals surface area (Å²) in [6.07, 6.45) is 6.83. The smallest absolute Gasteiger partial charge is 0.336 e. The minimum absolute atomic E-state index is 0.321. The van der Waals surface area contributed by atoms with Crippen molar-refractivity contribution >= 4 is 22.7 Å². The van der Waals surface area contributed by atoms with E-state index in [4.69, 9.17) is 4.98 Å². The average molecular weight is 470 g/mol. The highest BCUT2D eigenvalue weighted by molar-refractivity contribution is 5.96. The molecule has 0 atom stereocenters. The number of aromatic nitrogens is 2. The number of fused-ring (bicyclic) bond motifs is 1. The van der Waals surface area contributed by atoms with Gasteiger partial charge in [-0.25, -0.2) is 9.78 Å². The predicted octanol–water partition coefficient (Wildman–Crippen LogP) is 7.39. The van der Waals surface area contributed by atoms with E-state index in [1.165, 1.54) is 24.8 Å². The molecule has 0 saturated heterocycles. The molecular formula is C30H35N3O2. The molecule has 5 heteroatoms. The molecular weight excluding hydrogens is 434 g/mol. The van der Waals surface area contributed by atoms with E-state index in [2.05, 4.69) is 54.1 Å². The van der Waals surface area contributed by atoms with Gasteiger partial charge in [0, 0.05) is 25.2 Å². The molecule has 5 nitrogen and oxygen atoms in total. The van der Waals surface area contributed by atoms with E-state index >= 15 is 0 Å². The van der Waals surface area contributed by atoms with Gasteiger partial charge in [0.05, 0.1) is 16.6 Å². The van der Waals surface area contributed by atoms with Gasteiger partial charge in [-0.15, -0.1) is 0 Å². The Morgan fingerprint density at radius 3 is 2.46 bits per heavy atom. The third-order valence-electron chi connectivity index (χ3n) is 6.45. The molecule has 0 aliphatic carbocycles. The van der Waals surface area contributed by atoms with Crippen LogP contribution in [0.3, 0.4) is 0 Å². The van der Waals surface area contributed by atoms with Crippen molar-refractivity contribution in [2.75, 3.05) is 11.9 Å². The second-order valence-corrected chi connectivity index (χ2v) is 9.10. The summed E-state index contributed by atoms with van der Waals surface area (Å²) in [7, 11) is 0. The maximum absolute atomic E-state index is 11.6. The van der Waals surface area contributed by atoms with Crippen LogP contribution in [0.4, 0.5) is 5.69 Å². The summed E-state index contributed by atoms with van der Waals surface area (Å²) in [4.78, 5) is 16.6. The average Bonchev–Trinajstić information content (AvgIpc) is 3.22. The molecule has 0 spiro atoms. The summed E-state index contributed by atoms with van der Waals surface area (Å²) in [6.45, 7) is 6.15. The van der Waals surface area contributed by atoms with Gasteiger partial charge in [0.25, 0.3) is 0 Å². The summed E-state index contributed by atoms with van der Waals surface area (Å²) in [6, 6.07) is 21.9. The zero-order chi connectivity index (χ0) is 24.6. The number of imidazole rings is 1. The number of carboxylic acid groups (broad SMARTS) is 1.